The fourth-order valence-corrected chi connectivity index (χ4v) is 6.32. The van der Waals surface area contributed by atoms with E-state index in [0.717, 1.165) is 19.2 Å². The fraction of sp³-hybridized carbons (Fsp3) is 0.615. The predicted octanol–water partition coefficient (Wildman–Crippen LogP) is 4.82. The van der Waals surface area contributed by atoms with Crippen LogP contribution in [-0.2, 0) is 22.0 Å². The van der Waals surface area contributed by atoms with Crippen LogP contribution in [0.2, 0.25) is 5.02 Å². The average Bonchev–Trinajstić information content (AvgIpc) is 3.21. The number of sulfone groups is 1. The van der Waals surface area contributed by atoms with Gasteiger partial charge >= 0.3 is 12.8 Å². The highest BCUT2D eigenvalue weighted by atomic mass is 35.5. The Labute approximate surface area is 244 Å². The number of rotatable bonds is 11. The Morgan fingerprint density at radius 3 is 2.40 bits per heavy atom. The van der Waals surface area contributed by atoms with Crippen molar-refractivity contribution in [2.75, 3.05) is 12.8 Å². The SMILES string of the molecule is CCn1nc(C(=O)NCC2(O)CCC(S(C)(=O)=O)CC2)c(Cl)c1-c1ccc(C(C)(O)CCC(F)(F)F)cc1OC(F)F. The van der Waals surface area contributed by atoms with Crippen molar-refractivity contribution in [2.24, 2.45) is 0 Å². The third-order valence-corrected chi connectivity index (χ3v) is 9.47. The monoisotopic (exact) mass is 645 g/mol. The van der Waals surface area contributed by atoms with Gasteiger partial charge < -0.3 is 20.3 Å². The van der Waals surface area contributed by atoms with Crippen molar-refractivity contribution in [3.05, 3.63) is 34.5 Å². The highest BCUT2D eigenvalue weighted by molar-refractivity contribution is 7.91. The first-order valence-electron chi connectivity index (χ1n) is 13.1. The number of alkyl halides is 5. The first-order chi connectivity index (χ1) is 19.3. The number of amides is 1. The summed E-state index contributed by atoms with van der Waals surface area (Å²) in [6, 6.07) is 3.47. The maximum atomic E-state index is 13.4. The van der Waals surface area contributed by atoms with E-state index in [0.29, 0.717) is 0 Å². The maximum absolute atomic E-state index is 13.4. The molecule has 3 N–H and O–H groups in total. The number of ether oxygens (including phenoxy) is 1. The van der Waals surface area contributed by atoms with Crippen molar-refractivity contribution in [3.8, 4) is 17.0 Å². The summed E-state index contributed by atoms with van der Waals surface area (Å²) < 4.78 is 94.4. The van der Waals surface area contributed by atoms with Crippen molar-refractivity contribution >= 4 is 27.3 Å². The van der Waals surface area contributed by atoms with Gasteiger partial charge in [0.2, 0.25) is 0 Å². The van der Waals surface area contributed by atoms with Gasteiger partial charge in [0.1, 0.15) is 15.6 Å². The van der Waals surface area contributed by atoms with Gasteiger partial charge in [-0.3, -0.25) is 9.48 Å². The summed E-state index contributed by atoms with van der Waals surface area (Å²) in [4.78, 5) is 13.0. The summed E-state index contributed by atoms with van der Waals surface area (Å²) in [5.74, 6) is -1.29. The van der Waals surface area contributed by atoms with Gasteiger partial charge in [-0.2, -0.15) is 27.1 Å². The van der Waals surface area contributed by atoms with Gasteiger partial charge in [-0.25, -0.2) is 8.42 Å². The minimum Gasteiger partial charge on any atom is -0.434 e. The number of hydrogen-bond donors (Lipinski definition) is 3. The largest absolute Gasteiger partial charge is 0.434 e. The van der Waals surface area contributed by atoms with E-state index >= 15 is 0 Å². The molecule has 0 bridgehead atoms. The Bertz CT molecular complexity index is 1390. The molecule has 236 valence electrons. The molecule has 2 aromatic rings. The van der Waals surface area contributed by atoms with E-state index in [1.807, 2.05) is 0 Å². The van der Waals surface area contributed by atoms with E-state index in [-0.39, 0.29) is 66.3 Å². The zero-order chi connectivity index (χ0) is 31.7. The number of nitrogens with zero attached hydrogens (tertiary/aromatic N) is 2. The van der Waals surface area contributed by atoms with Crippen LogP contribution in [0.4, 0.5) is 22.0 Å². The second kappa shape index (κ2) is 12.6. The Morgan fingerprint density at radius 2 is 1.88 bits per heavy atom. The van der Waals surface area contributed by atoms with Crippen molar-refractivity contribution in [1.82, 2.24) is 15.1 Å². The van der Waals surface area contributed by atoms with Crippen LogP contribution in [0.25, 0.3) is 11.3 Å². The van der Waals surface area contributed by atoms with Gasteiger partial charge in [-0.05, 0) is 63.6 Å². The van der Waals surface area contributed by atoms with Gasteiger partial charge in [0.25, 0.3) is 5.91 Å². The number of aromatic nitrogens is 2. The third-order valence-electron chi connectivity index (χ3n) is 7.43. The van der Waals surface area contributed by atoms with Crippen LogP contribution in [0, 0.1) is 0 Å². The van der Waals surface area contributed by atoms with Gasteiger partial charge in [0.15, 0.2) is 5.69 Å². The number of carbonyl (C=O) groups is 1. The van der Waals surface area contributed by atoms with E-state index in [4.69, 9.17) is 11.6 Å². The van der Waals surface area contributed by atoms with E-state index in [1.54, 1.807) is 6.92 Å². The quantitative estimate of drug-likeness (QED) is 0.299. The molecule has 1 unspecified atom stereocenters. The highest BCUT2D eigenvalue weighted by Crippen LogP contribution is 2.41. The summed E-state index contributed by atoms with van der Waals surface area (Å²) in [6.45, 7) is -0.668. The summed E-state index contributed by atoms with van der Waals surface area (Å²) in [5.41, 5.74) is -3.82. The van der Waals surface area contributed by atoms with Gasteiger partial charge in [0.05, 0.1) is 27.2 Å². The zero-order valence-electron chi connectivity index (χ0n) is 23.1. The number of hydrogen-bond acceptors (Lipinski definition) is 7. The molecule has 1 heterocycles. The Balaban J connectivity index is 1.89. The molecule has 0 aliphatic heterocycles. The molecule has 1 amide bonds. The molecular weight excluding hydrogens is 613 g/mol. The first kappa shape index (κ1) is 34.0. The smallest absolute Gasteiger partial charge is 0.389 e. The lowest BCUT2D eigenvalue weighted by atomic mass is 9.84. The number of benzene rings is 1. The number of aryl methyl sites for hydroxylation is 1. The normalized spacial score (nSPS) is 21.3. The number of carbonyl (C=O) groups excluding carboxylic acids is 1. The molecule has 42 heavy (non-hydrogen) atoms. The molecule has 1 aromatic carbocycles. The van der Waals surface area contributed by atoms with Crippen LogP contribution < -0.4 is 10.1 Å². The third kappa shape index (κ3) is 8.32. The number of halogens is 6. The molecule has 3 rings (SSSR count). The molecule has 9 nitrogen and oxygen atoms in total. The lowest BCUT2D eigenvalue weighted by molar-refractivity contribution is -0.146. The maximum Gasteiger partial charge on any atom is 0.389 e. The minimum absolute atomic E-state index is 0.00817. The Kier molecular flexibility index (Phi) is 10.2. The lowest BCUT2D eigenvalue weighted by Crippen LogP contribution is -2.47. The highest BCUT2D eigenvalue weighted by Gasteiger charge is 2.38. The Morgan fingerprint density at radius 1 is 1.26 bits per heavy atom. The molecule has 1 aromatic heterocycles. The van der Waals surface area contributed by atoms with Crippen LogP contribution in [0.3, 0.4) is 0 Å². The summed E-state index contributed by atoms with van der Waals surface area (Å²) in [6.07, 6.45) is -4.72. The summed E-state index contributed by atoms with van der Waals surface area (Å²) >= 11 is 6.51. The molecule has 0 saturated heterocycles. The fourth-order valence-electron chi connectivity index (χ4n) is 4.91. The van der Waals surface area contributed by atoms with Crippen LogP contribution in [0.5, 0.6) is 5.75 Å². The van der Waals surface area contributed by atoms with E-state index in [9.17, 15) is 45.4 Å². The van der Waals surface area contributed by atoms with E-state index in [1.165, 1.54) is 16.8 Å². The molecule has 1 fully saturated rings. The molecule has 0 spiro atoms. The predicted molar refractivity (Wildman–Crippen MR) is 144 cm³/mol. The van der Waals surface area contributed by atoms with Crippen LogP contribution in [-0.4, -0.2) is 70.8 Å². The summed E-state index contributed by atoms with van der Waals surface area (Å²) in [5, 5.41) is 27.4. The second-order valence-corrected chi connectivity index (χ2v) is 13.4. The summed E-state index contributed by atoms with van der Waals surface area (Å²) in [7, 11) is -3.26. The molecule has 1 saturated carbocycles. The molecule has 16 heteroatoms. The number of nitrogens with one attached hydrogen (secondary N) is 1. The van der Waals surface area contributed by atoms with Gasteiger partial charge in [-0.1, -0.05) is 17.7 Å². The molecule has 0 radical (unpaired) electrons. The topological polar surface area (TPSA) is 131 Å². The number of aliphatic hydroxyl groups is 2. The first-order valence-corrected chi connectivity index (χ1v) is 15.4. The second-order valence-electron chi connectivity index (χ2n) is 10.7. The molecule has 1 atom stereocenters. The standard InChI is InChI=1S/C26H33ClF5N3O6S/c1-4-35-21(17-6-5-15(13-18(17)41-23(28)29)24(2,37)11-12-26(30,31)32)19(27)20(34-35)22(36)33-14-25(38)9-7-16(8-10-25)42(3,39)40/h5-6,13,16,23,37-38H,4,7-12,14H2,1-3H3,(H,33,36). The Hall–Kier alpha value is -2.49. The van der Waals surface area contributed by atoms with Crippen molar-refractivity contribution in [3.63, 3.8) is 0 Å². The lowest BCUT2D eigenvalue weighted by Gasteiger charge is -2.35. The van der Waals surface area contributed by atoms with Crippen LogP contribution >= 0.6 is 11.6 Å². The van der Waals surface area contributed by atoms with Gasteiger partial charge in [0, 0.05) is 31.3 Å². The minimum atomic E-state index is -4.55. The molecular formula is C26H33ClF5N3O6S. The average molecular weight is 646 g/mol. The van der Waals surface area contributed by atoms with Crippen molar-refractivity contribution < 1.29 is 50.1 Å². The zero-order valence-corrected chi connectivity index (χ0v) is 24.7. The van der Waals surface area contributed by atoms with Gasteiger partial charge in [-0.15, -0.1) is 0 Å². The molecule has 1 aliphatic carbocycles. The van der Waals surface area contributed by atoms with Crippen LogP contribution in [0.15, 0.2) is 18.2 Å². The van der Waals surface area contributed by atoms with Crippen molar-refractivity contribution in [1.29, 1.82) is 0 Å². The van der Waals surface area contributed by atoms with Crippen LogP contribution in [0.1, 0.15) is 68.4 Å². The van der Waals surface area contributed by atoms with Crippen molar-refractivity contribution in [2.45, 2.75) is 88.2 Å². The van der Waals surface area contributed by atoms with E-state index in [2.05, 4.69) is 15.2 Å². The van der Waals surface area contributed by atoms with E-state index < -0.39 is 63.6 Å². The molecule has 1 aliphatic rings.